The summed E-state index contributed by atoms with van der Waals surface area (Å²) in [5.41, 5.74) is 2.26. The van der Waals surface area contributed by atoms with Gasteiger partial charge in [-0.05, 0) is 43.3 Å². The lowest BCUT2D eigenvalue weighted by Crippen LogP contribution is -2.40. The van der Waals surface area contributed by atoms with Crippen molar-refractivity contribution in [2.75, 3.05) is 4.90 Å². The van der Waals surface area contributed by atoms with E-state index in [1.807, 2.05) is 47.5 Å². The average Bonchev–Trinajstić information content (AvgIpc) is 3.32. The first-order valence-corrected chi connectivity index (χ1v) is 9.93. The summed E-state index contributed by atoms with van der Waals surface area (Å²) < 4.78 is 0. The number of H-pyrrole nitrogens is 1. The second-order valence-corrected chi connectivity index (χ2v) is 8.35. The number of para-hydroxylation sites is 1. The van der Waals surface area contributed by atoms with Crippen molar-refractivity contribution in [2.24, 2.45) is 0 Å². The van der Waals surface area contributed by atoms with Gasteiger partial charge in [0.2, 0.25) is 11.1 Å². The predicted octanol–water partition coefficient (Wildman–Crippen LogP) is 3.99. The van der Waals surface area contributed by atoms with Crippen molar-refractivity contribution in [1.29, 1.82) is 0 Å². The summed E-state index contributed by atoms with van der Waals surface area (Å²) in [6, 6.07) is 12.3. The molecule has 0 bridgehead atoms. The van der Waals surface area contributed by atoms with Crippen molar-refractivity contribution >= 4 is 34.7 Å². The Balaban J connectivity index is 1.50. The highest BCUT2D eigenvalue weighted by atomic mass is 32.2. The maximum Gasteiger partial charge on any atom is 0.240 e. The van der Waals surface area contributed by atoms with Gasteiger partial charge in [-0.15, -0.1) is 16.4 Å². The third-order valence-electron chi connectivity index (χ3n) is 4.29. The summed E-state index contributed by atoms with van der Waals surface area (Å²) in [4.78, 5) is 20.5. The number of aromatic amines is 1. The number of hydrogen-bond donors (Lipinski definition) is 1. The summed E-state index contributed by atoms with van der Waals surface area (Å²) in [5.74, 6) is 0.849. The standard InChI is InChI=1S/C18H18N4OS2/c1-11-10-13-6-3-4-7-14(13)22(11)17(23)12(2)25-18-19-16(20-21-18)15-8-5-9-24-15/h3-9,11-12H,10H2,1-2H3,(H,19,20,21)/t11-,12+/m1/s1. The van der Waals surface area contributed by atoms with Crippen molar-refractivity contribution in [2.45, 2.75) is 36.7 Å². The number of carbonyl (C=O) groups is 1. The van der Waals surface area contributed by atoms with Crippen molar-refractivity contribution in [3.8, 4) is 10.7 Å². The van der Waals surface area contributed by atoms with Gasteiger partial charge in [-0.2, -0.15) is 0 Å². The average molecular weight is 371 g/mol. The quantitative estimate of drug-likeness (QED) is 0.706. The van der Waals surface area contributed by atoms with Crippen LogP contribution in [-0.2, 0) is 11.2 Å². The van der Waals surface area contributed by atoms with E-state index < -0.39 is 0 Å². The van der Waals surface area contributed by atoms with Crippen molar-refractivity contribution in [3.63, 3.8) is 0 Å². The molecule has 0 radical (unpaired) electrons. The molecular weight excluding hydrogens is 352 g/mol. The molecule has 25 heavy (non-hydrogen) atoms. The van der Waals surface area contributed by atoms with Crippen LogP contribution in [-0.4, -0.2) is 32.4 Å². The van der Waals surface area contributed by atoms with Crippen molar-refractivity contribution in [1.82, 2.24) is 15.2 Å². The van der Waals surface area contributed by atoms with Crippen LogP contribution in [0.2, 0.25) is 0 Å². The van der Waals surface area contributed by atoms with Crippen molar-refractivity contribution in [3.05, 3.63) is 47.3 Å². The third-order valence-corrected chi connectivity index (χ3v) is 6.12. The highest BCUT2D eigenvalue weighted by Gasteiger charge is 2.33. The molecule has 0 saturated carbocycles. The third kappa shape index (κ3) is 3.09. The molecule has 3 heterocycles. The van der Waals surface area contributed by atoms with E-state index in [9.17, 15) is 4.79 Å². The lowest BCUT2D eigenvalue weighted by atomic mass is 10.1. The number of nitrogens with zero attached hydrogens (tertiary/aromatic N) is 3. The lowest BCUT2D eigenvalue weighted by molar-refractivity contribution is -0.118. The molecule has 1 aliphatic heterocycles. The Hall–Kier alpha value is -2.12. The van der Waals surface area contributed by atoms with E-state index in [2.05, 4.69) is 28.2 Å². The first-order chi connectivity index (χ1) is 12.1. The molecule has 5 nitrogen and oxygen atoms in total. The number of anilines is 1. The van der Waals surface area contributed by atoms with Gasteiger partial charge in [0, 0.05) is 11.7 Å². The van der Waals surface area contributed by atoms with Crippen LogP contribution < -0.4 is 4.90 Å². The number of hydrogen-bond acceptors (Lipinski definition) is 5. The van der Waals surface area contributed by atoms with Crippen LogP contribution in [0.4, 0.5) is 5.69 Å². The monoisotopic (exact) mass is 370 g/mol. The summed E-state index contributed by atoms with van der Waals surface area (Å²) >= 11 is 3.00. The first-order valence-electron chi connectivity index (χ1n) is 8.17. The Bertz CT molecular complexity index is 890. The lowest BCUT2D eigenvalue weighted by Gasteiger charge is -2.25. The van der Waals surface area contributed by atoms with Crippen LogP contribution >= 0.6 is 23.1 Å². The molecule has 128 valence electrons. The number of nitrogens with one attached hydrogen (secondary N) is 1. The van der Waals surface area contributed by atoms with Crippen LogP contribution in [0.5, 0.6) is 0 Å². The van der Waals surface area contributed by atoms with Gasteiger partial charge >= 0.3 is 0 Å². The molecule has 4 rings (SSSR count). The predicted molar refractivity (Wildman–Crippen MR) is 102 cm³/mol. The number of thiophene rings is 1. The van der Waals surface area contributed by atoms with E-state index in [1.165, 1.54) is 17.3 Å². The molecular formula is C18H18N4OS2. The van der Waals surface area contributed by atoms with Gasteiger partial charge in [0.05, 0.1) is 10.1 Å². The van der Waals surface area contributed by atoms with Crippen LogP contribution in [0.25, 0.3) is 10.7 Å². The van der Waals surface area contributed by atoms with Crippen LogP contribution in [0.1, 0.15) is 19.4 Å². The number of rotatable bonds is 4. The highest BCUT2D eigenvalue weighted by molar-refractivity contribution is 8.00. The number of thioether (sulfide) groups is 1. The molecule has 7 heteroatoms. The zero-order valence-corrected chi connectivity index (χ0v) is 15.6. The Labute approximate surface area is 154 Å². The van der Waals surface area contributed by atoms with Gasteiger partial charge in [-0.25, -0.2) is 4.98 Å². The van der Waals surface area contributed by atoms with Gasteiger partial charge < -0.3 is 4.90 Å². The minimum absolute atomic E-state index is 0.102. The van der Waals surface area contributed by atoms with Gasteiger partial charge in [-0.3, -0.25) is 9.89 Å². The summed E-state index contributed by atoms with van der Waals surface area (Å²) in [7, 11) is 0. The molecule has 2 atom stereocenters. The maximum absolute atomic E-state index is 13.0. The van der Waals surface area contributed by atoms with E-state index in [0.29, 0.717) is 5.16 Å². The topological polar surface area (TPSA) is 61.9 Å². The minimum atomic E-state index is -0.249. The SMILES string of the molecule is C[C@H](Sc1n[nH]c(-c2cccs2)n1)C(=O)N1c2ccccc2C[C@H]1C. The van der Waals surface area contributed by atoms with E-state index in [4.69, 9.17) is 0 Å². The molecule has 2 aromatic heterocycles. The van der Waals surface area contributed by atoms with E-state index in [1.54, 1.807) is 11.3 Å². The van der Waals surface area contributed by atoms with Gasteiger partial charge in [-0.1, -0.05) is 36.0 Å². The van der Waals surface area contributed by atoms with E-state index in [0.717, 1.165) is 22.8 Å². The number of fused-ring (bicyclic) bond motifs is 1. The second kappa shape index (κ2) is 6.65. The Kier molecular flexibility index (Phi) is 4.35. The van der Waals surface area contributed by atoms with Gasteiger partial charge in [0.1, 0.15) is 0 Å². The van der Waals surface area contributed by atoms with E-state index >= 15 is 0 Å². The zero-order valence-electron chi connectivity index (χ0n) is 14.0. The molecule has 1 aliphatic rings. The minimum Gasteiger partial charge on any atom is -0.308 e. The summed E-state index contributed by atoms with van der Waals surface area (Å²) in [5, 5.41) is 9.55. The molecule has 1 aromatic carbocycles. The fourth-order valence-electron chi connectivity index (χ4n) is 3.13. The first kappa shape index (κ1) is 16.4. The molecule has 0 saturated heterocycles. The van der Waals surface area contributed by atoms with Crippen LogP contribution in [0.3, 0.4) is 0 Å². The van der Waals surface area contributed by atoms with Crippen molar-refractivity contribution < 1.29 is 4.79 Å². The molecule has 0 spiro atoms. The summed E-state index contributed by atoms with van der Waals surface area (Å²) in [6.07, 6.45) is 0.905. The largest absolute Gasteiger partial charge is 0.308 e. The Morgan fingerprint density at radius 3 is 3.00 bits per heavy atom. The number of carbonyl (C=O) groups excluding carboxylic acids is 1. The number of amides is 1. The molecule has 0 aliphatic carbocycles. The van der Waals surface area contributed by atoms with Gasteiger partial charge in [0.25, 0.3) is 0 Å². The fourth-order valence-corrected chi connectivity index (χ4v) is 4.57. The maximum atomic E-state index is 13.0. The molecule has 1 amide bonds. The smallest absolute Gasteiger partial charge is 0.240 e. The van der Waals surface area contributed by atoms with E-state index in [-0.39, 0.29) is 17.2 Å². The zero-order chi connectivity index (χ0) is 17.4. The Morgan fingerprint density at radius 1 is 1.36 bits per heavy atom. The van der Waals surface area contributed by atoms with Crippen LogP contribution in [0.15, 0.2) is 46.9 Å². The highest BCUT2D eigenvalue weighted by Crippen LogP contribution is 2.34. The molecule has 0 unspecified atom stereocenters. The fraction of sp³-hybridized carbons (Fsp3) is 0.278. The summed E-state index contributed by atoms with van der Waals surface area (Å²) in [6.45, 7) is 4.01. The Morgan fingerprint density at radius 2 is 2.20 bits per heavy atom. The molecule has 0 fully saturated rings. The number of benzene rings is 1. The molecule has 3 aromatic rings. The molecule has 1 N–H and O–H groups in total. The van der Waals surface area contributed by atoms with Crippen LogP contribution in [0, 0.1) is 0 Å². The second-order valence-electron chi connectivity index (χ2n) is 6.09. The normalized spacial score (nSPS) is 17.5. The van der Waals surface area contributed by atoms with Gasteiger partial charge in [0.15, 0.2) is 5.82 Å². The number of aromatic nitrogens is 3.